The van der Waals surface area contributed by atoms with Crippen LogP contribution >= 0.6 is 0 Å². The first-order valence-corrected chi connectivity index (χ1v) is 8.67. The summed E-state index contributed by atoms with van der Waals surface area (Å²) >= 11 is 0. The van der Waals surface area contributed by atoms with E-state index in [0.717, 1.165) is 42.7 Å². The molecule has 1 aromatic carbocycles. The molecule has 0 saturated heterocycles. The number of aromatic nitrogens is 2. The summed E-state index contributed by atoms with van der Waals surface area (Å²) in [7, 11) is 4.03. The monoisotopic (exact) mass is 341 g/mol. The second-order valence-corrected chi connectivity index (χ2v) is 6.13. The number of anilines is 2. The highest BCUT2D eigenvalue weighted by Gasteiger charge is 2.13. The van der Waals surface area contributed by atoms with Gasteiger partial charge in [-0.25, -0.2) is 9.97 Å². The molecule has 0 saturated carbocycles. The molecular weight excluding hydrogens is 314 g/mol. The van der Waals surface area contributed by atoms with Crippen molar-refractivity contribution in [3.63, 3.8) is 0 Å². The molecule has 134 valence electrons. The van der Waals surface area contributed by atoms with Crippen molar-refractivity contribution < 1.29 is 4.79 Å². The Morgan fingerprint density at radius 3 is 2.28 bits per heavy atom. The van der Waals surface area contributed by atoms with E-state index in [-0.39, 0.29) is 5.91 Å². The van der Waals surface area contributed by atoms with Crippen molar-refractivity contribution in [1.29, 1.82) is 0 Å². The number of aryl methyl sites for hydroxylation is 2. The normalized spacial score (nSPS) is 10.8. The zero-order valence-corrected chi connectivity index (χ0v) is 15.5. The predicted molar refractivity (Wildman–Crippen MR) is 102 cm³/mol. The van der Waals surface area contributed by atoms with Crippen LogP contribution in [0.25, 0.3) is 0 Å². The Morgan fingerprint density at radius 2 is 1.76 bits per heavy atom. The standard InChI is InChI=1S/C19H27N5O/c1-5-14-8-7-9-15(6-2)18(14)23-19(25)16-12-22-17(13-21-16)20-10-11-24(3)4/h7-9,12-13H,5-6,10-11H2,1-4H3,(H,20,22)(H,23,25). The van der Waals surface area contributed by atoms with E-state index in [4.69, 9.17) is 0 Å². The van der Waals surface area contributed by atoms with Gasteiger partial charge in [0.2, 0.25) is 0 Å². The molecule has 1 amide bonds. The van der Waals surface area contributed by atoms with Crippen LogP contribution in [-0.4, -0.2) is 48.0 Å². The summed E-state index contributed by atoms with van der Waals surface area (Å²) in [5, 5.41) is 6.19. The molecule has 6 nitrogen and oxygen atoms in total. The van der Waals surface area contributed by atoms with Crippen molar-refractivity contribution in [3.05, 3.63) is 47.4 Å². The first kappa shape index (κ1) is 18.9. The summed E-state index contributed by atoms with van der Waals surface area (Å²) in [6.45, 7) is 5.84. The molecule has 0 aliphatic carbocycles. The number of amides is 1. The number of likely N-dealkylation sites (N-methyl/N-ethyl adjacent to an activating group) is 1. The van der Waals surface area contributed by atoms with Gasteiger partial charge in [0.15, 0.2) is 0 Å². The molecule has 2 rings (SSSR count). The Labute approximate surface area is 149 Å². The van der Waals surface area contributed by atoms with Gasteiger partial charge in [-0.2, -0.15) is 0 Å². The molecule has 0 aliphatic heterocycles. The fourth-order valence-corrected chi connectivity index (χ4v) is 2.52. The van der Waals surface area contributed by atoms with Crippen molar-refractivity contribution >= 4 is 17.4 Å². The van der Waals surface area contributed by atoms with Gasteiger partial charge in [0, 0.05) is 18.8 Å². The van der Waals surface area contributed by atoms with Gasteiger partial charge in [-0.15, -0.1) is 0 Å². The van der Waals surface area contributed by atoms with Gasteiger partial charge in [-0.3, -0.25) is 4.79 Å². The number of nitrogens with zero attached hydrogens (tertiary/aromatic N) is 3. The van der Waals surface area contributed by atoms with E-state index in [0.29, 0.717) is 11.5 Å². The van der Waals surface area contributed by atoms with E-state index in [1.165, 1.54) is 6.20 Å². The minimum absolute atomic E-state index is 0.233. The zero-order chi connectivity index (χ0) is 18.2. The van der Waals surface area contributed by atoms with Crippen molar-refractivity contribution in [2.24, 2.45) is 0 Å². The summed E-state index contributed by atoms with van der Waals surface area (Å²) < 4.78 is 0. The van der Waals surface area contributed by atoms with Crippen molar-refractivity contribution in [1.82, 2.24) is 14.9 Å². The highest BCUT2D eigenvalue weighted by molar-refractivity contribution is 6.03. The largest absolute Gasteiger partial charge is 0.368 e. The molecule has 2 N–H and O–H groups in total. The SMILES string of the molecule is CCc1cccc(CC)c1NC(=O)c1cnc(NCCN(C)C)cn1. The maximum Gasteiger partial charge on any atom is 0.275 e. The van der Waals surface area contributed by atoms with Crippen LogP contribution in [0.5, 0.6) is 0 Å². The Bertz CT molecular complexity index is 675. The quantitative estimate of drug-likeness (QED) is 0.773. The van der Waals surface area contributed by atoms with E-state index >= 15 is 0 Å². The summed E-state index contributed by atoms with van der Waals surface area (Å²) in [6.07, 6.45) is 4.83. The van der Waals surface area contributed by atoms with E-state index < -0.39 is 0 Å². The lowest BCUT2D eigenvalue weighted by molar-refractivity contribution is 0.102. The first-order chi connectivity index (χ1) is 12.0. The molecule has 0 unspecified atom stereocenters. The van der Waals surface area contributed by atoms with Crippen LogP contribution in [0.2, 0.25) is 0 Å². The number of rotatable bonds is 8. The third-order valence-corrected chi connectivity index (χ3v) is 3.99. The number of hydrogen-bond donors (Lipinski definition) is 2. The van der Waals surface area contributed by atoms with E-state index in [2.05, 4.69) is 39.3 Å². The van der Waals surface area contributed by atoms with Crippen LogP contribution in [0, 0.1) is 0 Å². The molecule has 0 radical (unpaired) electrons. The second-order valence-electron chi connectivity index (χ2n) is 6.13. The van der Waals surface area contributed by atoms with Crippen LogP contribution in [0.4, 0.5) is 11.5 Å². The second kappa shape index (κ2) is 9.13. The highest BCUT2D eigenvalue weighted by atomic mass is 16.1. The lowest BCUT2D eigenvalue weighted by Gasteiger charge is -2.14. The number of carbonyl (C=O) groups is 1. The number of nitrogens with one attached hydrogen (secondary N) is 2. The fraction of sp³-hybridized carbons (Fsp3) is 0.421. The average Bonchev–Trinajstić information content (AvgIpc) is 2.62. The number of benzene rings is 1. The molecule has 6 heteroatoms. The Kier molecular flexibility index (Phi) is 6.89. The zero-order valence-electron chi connectivity index (χ0n) is 15.5. The van der Waals surface area contributed by atoms with Crippen LogP contribution in [0.15, 0.2) is 30.6 Å². The summed E-state index contributed by atoms with van der Waals surface area (Å²) in [4.78, 5) is 23.1. The highest BCUT2D eigenvalue weighted by Crippen LogP contribution is 2.23. The molecule has 0 atom stereocenters. The third kappa shape index (κ3) is 5.26. The lowest BCUT2D eigenvalue weighted by atomic mass is 10.0. The third-order valence-electron chi connectivity index (χ3n) is 3.99. The van der Waals surface area contributed by atoms with E-state index in [1.54, 1.807) is 6.20 Å². The minimum atomic E-state index is -0.233. The van der Waals surface area contributed by atoms with Gasteiger partial charge in [0.1, 0.15) is 11.5 Å². The Morgan fingerprint density at radius 1 is 1.08 bits per heavy atom. The number of carbonyl (C=O) groups excluding carboxylic acids is 1. The number of hydrogen-bond acceptors (Lipinski definition) is 5. The van der Waals surface area contributed by atoms with Crippen LogP contribution < -0.4 is 10.6 Å². The summed E-state index contributed by atoms with van der Waals surface area (Å²) in [6, 6.07) is 6.11. The van der Waals surface area contributed by atoms with Crippen molar-refractivity contribution in [2.75, 3.05) is 37.8 Å². The maximum atomic E-state index is 12.5. The van der Waals surface area contributed by atoms with Crippen LogP contribution in [-0.2, 0) is 12.8 Å². The van der Waals surface area contributed by atoms with Crippen LogP contribution in [0.1, 0.15) is 35.5 Å². The molecule has 0 spiro atoms. The molecule has 1 aromatic heterocycles. The topological polar surface area (TPSA) is 70.2 Å². The van der Waals surface area contributed by atoms with Gasteiger partial charge in [0.25, 0.3) is 5.91 Å². The van der Waals surface area contributed by atoms with Crippen LogP contribution in [0.3, 0.4) is 0 Å². The van der Waals surface area contributed by atoms with Gasteiger partial charge in [-0.05, 0) is 38.1 Å². The predicted octanol–water partition coefficient (Wildman–Crippen LogP) is 2.83. The lowest BCUT2D eigenvalue weighted by Crippen LogP contribution is -2.21. The maximum absolute atomic E-state index is 12.5. The summed E-state index contributed by atoms with van der Waals surface area (Å²) in [5.41, 5.74) is 3.46. The van der Waals surface area contributed by atoms with E-state index in [9.17, 15) is 4.79 Å². The number of para-hydroxylation sites is 1. The molecule has 0 aliphatic rings. The van der Waals surface area contributed by atoms with Gasteiger partial charge >= 0.3 is 0 Å². The minimum Gasteiger partial charge on any atom is -0.368 e. The molecule has 0 bridgehead atoms. The Balaban J connectivity index is 2.06. The van der Waals surface area contributed by atoms with Gasteiger partial charge in [0.05, 0.1) is 12.4 Å². The first-order valence-electron chi connectivity index (χ1n) is 8.67. The van der Waals surface area contributed by atoms with Gasteiger partial charge in [-0.1, -0.05) is 32.0 Å². The molecule has 2 aromatic rings. The fourth-order valence-electron chi connectivity index (χ4n) is 2.52. The molecule has 1 heterocycles. The Hall–Kier alpha value is -2.47. The molecular formula is C19H27N5O. The smallest absolute Gasteiger partial charge is 0.275 e. The average molecular weight is 341 g/mol. The van der Waals surface area contributed by atoms with Crippen molar-refractivity contribution in [2.45, 2.75) is 26.7 Å². The van der Waals surface area contributed by atoms with E-state index in [1.807, 2.05) is 32.3 Å². The van der Waals surface area contributed by atoms with Crippen molar-refractivity contribution in [3.8, 4) is 0 Å². The molecule has 0 fully saturated rings. The summed E-state index contributed by atoms with van der Waals surface area (Å²) in [5.74, 6) is 0.435. The van der Waals surface area contributed by atoms with Gasteiger partial charge < -0.3 is 15.5 Å². The molecule has 25 heavy (non-hydrogen) atoms.